The third kappa shape index (κ3) is 2.71. The molecule has 1 aliphatic heterocycles. The maximum Gasteiger partial charge on any atom is 0.123 e. The minimum atomic E-state index is -0.661. The van der Waals surface area contributed by atoms with Crippen molar-refractivity contribution in [1.29, 1.82) is 0 Å². The molecule has 1 aliphatic rings. The Hall–Kier alpha value is -1.13. The van der Waals surface area contributed by atoms with Gasteiger partial charge in [-0.3, -0.25) is 0 Å². The number of ether oxygens (including phenoxy) is 1. The Labute approximate surface area is 95.4 Å². The van der Waals surface area contributed by atoms with Crippen molar-refractivity contribution >= 4 is 5.82 Å². The fourth-order valence-corrected chi connectivity index (χ4v) is 2.29. The Morgan fingerprint density at radius 2 is 2.50 bits per heavy atom. The van der Waals surface area contributed by atoms with Gasteiger partial charge in [-0.1, -0.05) is 0 Å². The van der Waals surface area contributed by atoms with Crippen LogP contribution in [-0.4, -0.2) is 28.4 Å². The number of aromatic nitrogens is 1. The number of pyridine rings is 1. The number of nitrogen functional groups attached to an aromatic ring is 1. The van der Waals surface area contributed by atoms with Crippen molar-refractivity contribution < 1.29 is 9.84 Å². The second-order valence-corrected chi connectivity index (χ2v) is 4.63. The van der Waals surface area contributed by atoms with Crippen LogP contribution in [0.1, 0.15) is 25.3 Å². The van der Waals surface area contributed by atoms with Gasteiger partial charge < -0.3 is 15.6 Å². The van der Waals surface area contributed by atoms with Crippen LogP contribution < -0.4 is 5.73 Å². The molecule has 0 aliphatic carbocycles. The molecule has 2 atom stereocenters. The summed E-state index contributed by atoms with van der Waals surface area (Å²) in [5.74, 6) is 0.501. The molecule has 1 fully saturated rings. The summed E-state index contributed by atoms with van der Waals surface area (Å²) >= 11 is 0. The fraction of sp³-hybridized carbons (Fsp3) is 0.583. The zero-order chi connectivity index (χ0) is 11.6. The van der Waals surface area contributed by atoms with Gasteiger partial charge in [0, 0.05) is 25.6 Å². The first-order chi connectivity index (χ1) is 7.57. The van der Waals surface area contributed by atoms with Crippen LogP contribution in [0.4, 0.5) is 5.82 Å². The maximum absolute atomic E-state index is 10.4. The highest BCUT2D eigenvalue weighted by Gasteiger charge is 2.33. The summed E-state index contributed by atoms with van der Waals surface area (Å²) in [6.45, 7) is 2.61. The van der Waals surface area contributed by atoms with Crippen molar-refractivity contribution in [1.82, 2.24) is 4.98 Å². The SMILES string of the molecule is CC1CC(O)(Cc2ccnc(N)c2)CCO1. The Balaban J connectivity index is 2.08. The number of hydrogen-bond donors (Lipinski definition) is 2. The molecular weight excluding hydrogens is 204 g/mol. The average molecular weight is 222 g/mol. The predicted octanol–water partition coefficient (Wildman–Crippen LogP) is 1.14. The van der Waals surface area contributed by atoms with Gasteiger partial charge in [-0.25, -0.2) is 4.98 Å². The monoisotopic (exact) mass is 222 g/mol. The molecular formula is C12H18N2O2. The molecule has 0 saturated carbocycles. The van der Waals surface area contributed by atoms with E-state index >= 15 is 0 Å². The van der Waals surface area contributed by atoms with Gasteiger partial charge in [0.1, 0.15) is 5.82 Å². The van der Waals surface area contributed by atoms with Crippen LogP contribution in [0.25, 0.3) is 0 Å². The zero-order valence-electron chi connectivity index (χ0n) is 9.52. The number of hydrogen-bond acceptors (Lipinski definition) is 4. The highest BCUT2D eigenvalue weighted by molar-refractivity contribution is 5.32. The van der Waals surface area contributed by atoms with E-state index in [1.165, 1.54) is 0 Å². The molecule has 2 unspecified atom stereocenters. The molecule has 0 radical (unpaired) electrons. The highest BCUT2D eigenvalue weighted by Crippen LogP contribution is 2.28. The quantitative estimate of drug-likeness (QED) is 0.787. The molecule has 0 bridgehead atoms. The Kier molecular flexibility index (Phi) is 3.12. The minimum absolute atomic E-state index is 0.123. The molecule has 0 aromatic carbocycles. The molecule has 1 saturated heterocycles. The number of rotatable bonds is 2. The van der Waals surface area contributed by atoms with Crippen molar-refractivity contribution in [3.05, 3.63) is 23.9 Å². The first kappa shape index (κ1) is 11.4. The van der Waals surface area contributed by atoms with E-state index in [1.807, 2.05) is 19.1 Å². The van der Waals surface area contributed by atoms with Crippen LogP contribution in [0, 0.1) is 0 Å². The number of anilines is 1. The lowest BCUT2D eigenvalue weighted by Gasteiger charge is -2.35. The van der Waals surface area contributed by atoms with E-state index in [-0.39, 0.29) is 6.10 Å². The van der Waals surface area contributed by atoms with E-state index in [0.29, 0.717) is 31.7 Å². The normalized spacial score (nSPS) is 30.2. The molecule has 0 spiro atoms. The first-order valence-corrected chi connectivity index (χ1v) is 5.62. The third-order valence-electron chi connectivity index (χ3n) is 3.02. The lowest BCUT2D eigenvalue weighted by atomic mass is 9.85. The van der Waals surface area contributed by atoms with Gasteiger partial charge in [0.05, 0.1) is 11.7 Å². The summed E-state index contributed by atoms with van der Waals surface area (Å²) in [5.41, 5.74) is 5.99. The summed E-state index contributed by atoms with van der Waals surface area (Å²) in [4.78, 5) is 3.94. The minimum Gasteiger partial charge on any atom is -0.389 e. The summed E-state index contributed by atoms with van der Waals surface area (Å²) in [6, 6.07) is 3.71. The van der Waals surface area contributed by atoms with E-state index in [9.17, 15) is 5.11 Å². The van der Waals surface area contributed by atoms with Crippen LogP contribution in [0.15, 0.2) is 18.3 Å². The van der Waals surface area contributed by atoms with Crippen LogP contribution in [-0.2, 0) is 11.2 Å². The topological polar surface area (TPSA) is 68.4 Å². The number of nitrogens with zero attached hydrogens (tertiary/aromatic N) is 1. The van der Waals surface area contributed by atoms with Crippen molar-refractivity contribution in [2.45, 2.75) is 37.9 Å². The van der Waals surface area contributed by atoms with Crippen LogP contribution >= 0.6 is 0 Å². The highest BCUT2D eigenvalue weighted by atomic mass is 16.5. The van der Waals surface area contributed by atoms with Gasteiger partial charge in [0.25, 0.3) is 0 Å². The zero-order valence-corrected chi connectivity index (χ0v) is 9.52. The molecule has 16 heavy (non-hydrogen) atoms. The summed E-state index contributed by atoms with van der Waals surface area (Å²) < 4.78 is 5.44. The Morgan fingerprint density at radius 1 is 1.69 bits per heavy atom. The Bertz CT molecular complexity index is 370. The van der Waals surface area contributed by atoms with Gasteiger partial charge in [-0.15, -0.1) is 0 Å². The predicted molar refractivity (Wildman–Crippen MR) is 62.0 cm³/mol. The van der Waals surface area contributed by atoms with Crippen molar-refractivity contribution in [3.8, 4) is 0 Å². The first-order valence-electron chi connectivity index (χ1n) is 5.62. The standard InChI is InChI=1S/C12H18N2O2/c1-9-7-12(15,3-5-16-9)8-10-2-4-14-11(13)6-10/h2,4,6,9,15H,3,5,7-8H2,1H3,(H2,13,14). The molecule has 88 valence electrons. The molecule has 2 heterocycles. The Morgan fingerprint density at radius 3 is 3.19 bits per heavy atom. The van der Waals surface area contributed by atoms with E-state index in [1.54, 1.807) is 6.20 Å². The van der Waals surface area contributed by atoms with Crippen LogP contribution in [0.5, 0.6) is 0 Å². The van der Waals surface area contributed by atoms with E-state index in [4.69, 9.17) is 10.5 Å². The van der Waals surface area contributed by atoms with Gasteiger partial charge in [-0.05, 0) is 31.0 Å². The number of nitrogens with two attached hydrogens (primary N) is 1. The average Bonchev–Trinajstić information content (AvgIpc) is 2.16. The maximum atomic E-state index is 10.4. The van der Waals surface area contributed by atoms with E-state index < -0.39 is 5.60 Å². The number of aliphatic hydroxyl groups is 1. The summed E-state index contributed by atoms with van der Waals surface area (Å²) in [6.07, 6.45) is 3.77. The molecule has 4 nitrogen and oxygen atoms in total. The van der Waals surface area contributed by atoms with Crippen molar-refractivity contribution in [2.24, 2.45) is 0 Å². The fourth-order valence-electron chi connectivity index (χ4n) is 2.29. The summed E-state index contributed by atoms with van der Waals surface area (Å²) in [5, 5.41) is 10.4. The van der Waals surface area contributed by atoms with E-state index in [0.717, 1.165) is 5.56 Å². The van der Waals surface area contributed by atoms with Crippen molar-refractivity contribution in [2.75, 3.05) is 12.3 Å². The molecule has 1 aromatic heterocycles. The third-order valence-corrected chi connectivity index (χ3v) is 3.02. The van der Waals surface area contributed by atoms with E-state index in [2.05, 4.69) is 4.98 Å². The van der Waals surface area contributed by atoms with Gasteiger partial charge in [0.2, 0.25) is 0 Å². The molecule has 4 heteroatoms. The van der Waals surface area contributed by atoms with Gasteiger partial charge in [0.15, 0.2) is 0 Å². The lowest BCUT2D eigenvalue weighted by Crippen LogP contribution is -2.41. The van der Waals surface area contributed by atoms with Crippen molar-refractivity contribution in [3.63, 3.8) is 0 Å². The molecule has 1 aromatic rings. The lowest BCUT2D eigenvalue weighted by molar-refractivity contribution is -0.0961. The van der Waals surface area contributed by atoms with Gasteiger partial charge >= 0.3 is 0 Å². The van der Waals surface area contributed by atoms with Crippen LogP contribution in [0.3, 0.4) is 0 Å². The van der Waals surface area contributed by atoms with Gasteiger partial charge in [-0.2, -0.15) is 0 Å². The van der Waals surface area contributed by atoms with Crippen LogP contribution in [0.2, 0.25) is 0 Å². The largest absolute Gasteiger partial charge is 0.389 e. The molecule has 3 N–H and O–H groups in total. The second kappa shape index (κ2) is 4.39. The molecule has 2 rings (SSSR count). The smallest absolute Gasteiger partial charge is 0.123 e. The second-order valence-electron chi connectivity index (χ2n) is 4.63. The molecule has 0 amide bonds. The summed E-state index contributed by atoms with van der Waals surface area (Å²) in [7, 11) is 0.